The Hall–Kier alpha value is -2.01. The molecule has 0 atom stereocenters. The molecule has 0 bridgehead atoms. The number of carbonyl (C=O) groups is 1. The van der Waals surface area contributed by atoms with Gasteiger partial charge in [0.15, 0.2) is 0 Å². The van der Waals surface area contributed by atoms with Gasteiger partial charge in [0.25, 0.3) is 5.91 Å². The smallest absolute Gasteiger partial charge is 0.267 e. The van der Waals surface area contributed by atoms with Gasteiger partial charge in [-0.2, -0.15) is 5.10 Å². The number of hydrazone groups is 1. The van der Waals surface area contributed by atoms with Gasteiger partial charge in [-0.05, 0) is 30.0 Å². The van der Waals surface area contributed by atoms with Crippen molar-refractivity contribution in [3.8, 4) is 0 Å². The molecule has 4 nitrogen and oxygen atoms in total. The number of amides is 1. The van der Waals surface area contributed by atoms with E-state index in [1.54, 1.807) is 29.7 Å². The van der Waals surface area contributed by atoms with Crippen LogP contribution in [-0.4, -0.2) is 16.6 Å². The van der Waals surface area contributed by atoms with Crippen molar-refractivity contribution in [3.63, 3.8) is 0 Å². The fraction of sp³-hybridized carbons (Fsp3) is 0.154. The number of aromatic nitrogens is 1. The molecule has 0 aliphatic rings. The van der Waals surface area contributed by atoms with Crippen LogP contribution in [-0.2, 0) is 0 Å². The Bertz CT molecular complexity index is 535. The summed E-state index contributed by atoms with van der Waals surface area (Å²) in [5, 5.41) is 6.15. The predicted octanol–water partition coefficient (Wildman–Crippen LogP) is 2.69. The Morgan fingerprint density at radius 3 is 2.94 bits per heavy atom. The Balaban J connectivity index is 2.08. The molecule has 0 unspecified atom stereocenters. The lowest BCUT2D eigenvalue weighted by atomic mass is 10.2. The Morgan fingerprint density at radius 1 is 1.44 bits per heavy atom. The van der Waals surface area contributed by atoms with Crippen LogP contribution in [0.3, 0.4) is 0 Å². The number of hydrogen-bond acceptors (Lipinski definition) is 4. The van der Waals surface area contributed by atoms with E-state index in [-0.39, 0.29) is 5.91 Å². The number of thiophene rings is 1. The van der Waals surface area contributed by atoms with E-state index in [9.17, 15) is 4.79 Å². The number of carbonyl (C=O) groups excluding carboxylic acids is 1. The minimum Gasteiger partial charge on any atom is -0.267 e. The summed E-state index contributed by atoms with van der Waals surface area (Å²) in [7, 11) is 0. The van der Waals surface area contributed by atoms with Gasteiger partial charge in [-0.25, -0.2) is 5.43 Å². The largest absolute Gasteiger partial charge is 0.272 e. The van der Waals surface area contributed by atoms with Crippen LogP contribution in [0.2, 0.25) is 0 Å². The van der Waals surface area contributed by atoms with Crippen LogP contribution in [0, 0.1) is 0 Å². The molecule has 0 aliphatic heterocycles. The van der Waals surface area contributed by atoms with Gasteiger partial charge in [-0.15, -0.1) is 11.3 Å². The molecular weight excluding hydrogens is 246 g/mol. The number of nitrogens with zero attached hydrogens (tertiary/aromatic N) is 2. The average molecular weight is 259 g/mol. The van der Waals surface area contributed by atoms with Crippen molar-refractivity contribution in [2.75, 3.05) is 0 Å². The van der Waals surface area contributed by atoms with Crippen LogP contribution < -0.4 is 5.43 Å². The highest BCUT2D eigenvalue weighted by atomic mass is 32.1. The fourth-order valence-corrected chi connectivity index (χ4v) is 2.22. The van der Waals surface area contributed by atoms with Crippen molar-refractivity contribution in [1.29, 1.82) is 0 Å². The first-order valence-electron chi connectivity index (χ1n) is 5.62. The summed E-state index contributed by atoms with van der Waals surface area (Å²) in [4.78, 5) is 16.7. The van der Waals surface area contributed by atoms with Gasteiger partial charge < -0.3 is 0 Å². The van der Waals surface area contributed by atoms with Crippen LogP contribution in [0.25, 0.3) is 0 Å². The number of rotatable bonds is 4. The van der Waals surface area contributed by atoms with E-state index in [1.807, 2.05) is 24.4 Å². The van der Waals surface area contributed by atoms with E-state index in [0.717, 1.165) is 17.0 Å². The topological polar surface area (TPSA) is 54.4 Å². The molecule has 0 aromatic carbocycles. The molecule has 1 N–H and O–H groups in total. The van der Waals surface area contributed by atoms with Crippen LogP contribution >= 0.6 is 11.3 Å². The maximum Gasteiger partial charge on any atom is 0.272 e. The zero-order chi connectivity index (χ0) is 12.8. The van der Waals surface area contributed by atoms with Crippen LogP contribution in [0.5, 0.6) is 0 Å². The third-order valence-corrected chi connectivity index (χ3v) is 3.28. The van der Waals surface area contributed by atoms with Crippen molar-refractivity contribution in [2.45, 2.75) is 13.3 Å². The van der Waals surface area contributed by atoms with Gasteiger partial charge >= 0.3 is 0 Å². The number of pyridine rings is 1. The third kappa shape index (κ3) is 3.01. The zero-order valence-corrected chi connectivity index (χ0v) is 10.8. The van der Waals surface area contributed by atoms with Crippen LogP contribution in [0.4, 0.5) is 0 Å². The van der Waals surface area contributed by atoms with Gasteiger partial charge in [0, 0.05) is 12.4 Å². The first kappa shape index (κ1) is 12.4. The average Bonchev–Trinajstić information content (AvgIpc) is 2.94. The lowest BCUT2D eigenvalue weighted by Crippen LogP contribution is -2.19. The quantitative estimate of drug-likeness (QED) is 0.678. The van der Waals surface area contributed by atoms with Crippen molar-refractivity contribution in [1.82, 2.24) is 10.4 Å². The highest BCUT2D eigenvalue weighted by molar-refractivity contribution is 7.12. The van der Waals surface area contributed by atoms with E-state index in [4.69, 9.17) is 0 Å². The predicted molar refractivity (Wildman–Crippen MR) is 72.9 cm³/mol. The number of nitrogens with one attached hydrogen (secondary N) is 1. The second kappa shape index (κ2) is 6.07. The standard InChI is InChI=1S/C13H13N3OS/c1-2-11(12-6-4-8-18-12)15-16-13(17)10-5-3-7-14-9-10/h3-9H,2H2,1H3,(H,16,17)/b15-11-. The minimum absolute atomic E-state index is 0.245. The Labute approximate surface area is 109 Å². The van der Waals surface area contributed by atoms with Gasteiger partial charge in [0.05, 0.1) is 16.2 Å². The number of hydrogen-bond donors (Lipinski definition) is 1. The zero-order valence-electron chi connectivity index (χ0n) is 9.96. The third-order valence-electron chi connectivity index (χ3n) is 2.36. The Morgan fingerprint density at radius 2 is 2.33 bits per heavy atom. The molecular formula is C13H13N3OS. The maximum atomic E-state index is 11.8. The highest BCUT2D eigenvalue weighted by Crippen LogP contribution is 2.11. The summed E-state index contributed by atoms with van der Waals surface area (Å²) in [6.07, 6.45) is 3.92. The van der Waals surface area contributed by atoms with Crippen LogP contribution in [0.1, 0.15) is 28.6 Å². The summed E-state index contributed by atoms with van der Waals surface area (Å²) in [5.74, 6) is -0.245. The van der Waals surface area contributed by atoms with Crippen molar-refractivity contribution >= 4 is 23.0 Å². The molecule has 0 radical (unpaired) electrons. The molecule has 0 spiro atoms. The van der Waals surface area contributed by atoms with Gasteiger partial charge in [-0.3, -0.25) is 9.78 Å². The molecule has 2 rings (SSSR count). The molecule has 18 heavy (non-hydrogen) atoms. The molecule has 2 aromatic rings. The maximum absolute atomic E-state index is 11.8. The van der Waals surface area contributed by atoms with E-state index >= 15 is 0 Å². The molecule has 0 aliphatic carbocycles. The van der Waals surface area contributed by atoms with E-state index in [0.29, 0.717) is 5.56 Å². The monoisotopic (exact) mass is 259 g/mol. The summed E-state index contributed by atoms with van der Waals surface area (Å²) in [6, 6.07) is 7.38. The highest BCUT2D eigenvalue weighted by Gasteiger charge is 2.06. The molecule has 2 heterocycles. The van der Waals surface area contributed by atoms with Crippen molar-refractivity contribution < 1.29 is 4.79 Å². The molecule has 0 saturated heterocycles. The first-order valence-corrected chi connectivity index (χ1v) is 6.50. The minimum atomic E-state index is -0.245. The second-order valence-corrected chi connectivity index (χ2v) is 4.52. The summed E-state index contributed by atoms with van der Waals surface area (Å²) >= 11 is 1.61. The normalized spacial score (nSPS) is 11.3. The SMILES string of the molecule is CC/C(=N/NC(=O)c1cccnc1)c1cccs1. The summed E-state index contributed by atoms with van der Waals surface area (Å²) < 4.78 is 0. The fourth-order valence-electron chi connectivity index (χ4n) is 1.43. The summed E-state index contributed by atoms with van der Waals surface area (Å²) in [6.45, 7) is 2.01. The van der Waals surface area contributed by atoms with Gasteiger partial charge in [-0.1, -0.05) is 13.0 Å². The Kier molecular flexibility index (Phi) is 4.20. The van der Waals surface area contributed by atoms with E-state index in [1.165, 1.54) is 6.20 Å². The molecule has 2 aromatic heterocycles. The molecule has 92 valence electrons. The second-order valence-electron chi connectivity index (χ2n) is 3.57. The van der Waals surface area contributed by atoms with E-state index in [2.05, 4.69) is 15.5 Å². The molecule has 1 amide bonds. The van der Waals surface area contributed by atoms with Crippen LogP contribution in [0.15, 0.2) is 47.1 Å². The van der Waals surface area contributed by atoms with Crippen molar-refractivity contribution in [2.24, 2.45) is 5.10 Å². The lowest BCUT2D eigenvalue weighted by Gasteiger charge is -2.02. The molecule has 0 saturated carbocycles. The summed E-state index contributed by atoms with van der Waals surface area (Å²) in [5.41, 5.74) is 3.93. The first-order chi connectivity index (χ1) is 8.81. The molecule has 5 heteroatoms. The molecule has 0 fully saturated rings. The van der Waals surface area contributed by atoms with Gasteiger partial charge in [0.1, 0.15) is 0 Å². The van der Waals surface area contributed by atoms with Gasteiger partial charge in [0.2, 0.25) is 0 Å². The van der Waals surface area contributed by atoms with E-state index < -0.39 is 0 Å². The van der Waals surface area contributed by atoms with Crippen molar-refractivity contribution in [3.05, 3.63) is 52.5 Å². The lowest BCUT2D eigenvalue weighted by molar-refractivity contribution is 0.0954.